The van der Waals surface area contributed by atoms with Gasteiger partial charge < -0.3 is 5.32 Å². The zero-order chi connectivity index (χ0) is 13.7. The van der Waals surface area contributed by atoms with Crippen LogP contribution in [0.2, 0.25) is 0 Å². The molecule has 0 bridgehead atoms. The van der Waals surface area contributed by atoms with Crippen LogP contribution in [0.15, 0.2) is 30.7 Å². The topological polar surface area (TPSA) is 59.8 Å². The Balaban J connectivity index is 1.78. The predicted molar refractivity (Wildman–Crippen MR) is 72.3 cm³/mol. The van der Waals surface area contributed by atoms with E-state index in [0.29, 0.717) is 13.0 Å². The molecule has 0 saturated heterocycles. The van der Waals surface area contributed by atoms with Crippen molar-refractivity contribution < 1.29 is 4.79 Å². The summed E-state index contributed by atoms with van der Waals surface area (Å²) in [6.45, 7) is 2.54. The summed E-state index contributed by atoms with van der Waals surface area (Å²) in [5.74, 6) is 0.0482. The molecule has 5 nitrogen and oxygen atoms in total. The fourth-order valence-electron chi connectivity index (χ4n) is 1.83. The number of hydrogen-bond acceptors (Lipinski definition) is 3. The molecule has 0 aromatic carbocycles. The molecule has 0 spiro atoms. The van der Waals surface area contributed by atoms with Crippen LogP contribution >= 0.6 is 0 Å². The molecule has 0 aliphatic heterocycles. The molecule has 0 atom stereocenters. The highest BCUT2D eigenvalue weighted by atomic mass is 16.1. The lowest BCUT2D eigenvalue weighted by Crippen LogP contribution is -2.23. The molecule has 2 rings (SSSR count). The number of nitrogens with zero attached hydrogens (tertiary/aromatic N) is 3. The summed E-state index contributed by atoms with van der Waals surface area (Å²) >= 11 is 0. The van der Waals surface area contributed by atoms with Gasteiger partial charge in [0.1, 0.15) is 0 Å². The maximum Gasteiger partial charge on any atom is 0.220 e. The summed E-state index contributed by atoms with van der Waals surface area (Å²) in [6, 6.07) is 3.80. The van der Waals surface area contributed by atoms with E-state index >= 15 is 0 Å². The quantitative estimate of drug-likeness (QED) is 0.881. The number of amides is 1. The zero-order valence-corrected chi connectivity index (χ0v) is 11.3. The second-order valence-electron chi connectivity index (χ2n) is 4.52. The van der Waals surface area contributed by atoms with Crippen LogP contribution in [0.3, 0.4) is 0 Å². The van der Waals surface area contributed by atoms with Gasteiger partial charge in [-0.15, -0.1) is 0 Å². The van der Waals surface area contributed by atoms with Crippen molar-refractivity contribution >= 4 is 5.91 Å². The van der Waals surface area contributed by atoms with Crippen LogP contribution in [-0.4, -0.2) is 20.7 Å². The van der Waals surface area contributed by atoms with Crippen molar-refractivity contribution in [3.63, 3.8) is 0 Å². The average Bonchev–Trinajstić information content (AvgIpc) is 2.75. The Morgan fingerprint density at radius 1 is 1.42 bits per heavy atom. The molecule has 5 heteroatoms. The van der Waals surface area contributed by atoms with Gasteiger partial charge in [-0.1, -0.05) is 6.07 Å². The third-order valence-corrected chi connectivity index (χ3v) is 3.17. The Kier molecular flexibility index (Phi) is 4.28. The van der Waals surface area contributed by atoms with E-state index in [-0.39, 0.29) is 5.91 Å². The third-order valence-electron chi connectivity index (χ3n) is 3.17. The van der Waals surface area contributed by atoms with E-state index < -0.39 is 0 Å². The van der Waals surface area contributed by atoms with Crippen LogP contribution in [0.1, 0.15) is 23.2 Å². The molecular formula is C14H18N4O. The molecule has 19 heavy (non-hydrogen) atoms. The van der Waals surface area contributed by atoms with Gasteiger partial charge in [0.25, 0.3) is 0 Å². The van der Waals surface area contributed by atoms with Crippen LogP contribution in [0.5, 0.6) is 0 Å². The molecule has 100 valence electrons. The summed E-state index contributed by atoms with van der Waals surface area (Å²) in [6.07, 6.45) is 6.50. The number of nitrogens with one attached hydrogen (secondary N) is 1. The number of aromatic nitrogens is 3. The van der Waals surface area contributed by atoms with Crippen molar-refractivity contribution in [2.75, 3.05) is 0 Å². The molecule has 0 fully saturated rings. The predicted octanol–water partition coefficient (Wildman–Crippen LogP) is 1.37. The first-order valence-electron chi connectivity index (χ1n) is 6.30. The number of aryl methyl sites for hydroxylation is 2. The van der Waals surface area contributed by atoms with Gasteiger partial charge in [-0.25, -0.2) is 0 Å². The van der Waals surface area contributed by atoms with Crippen molar-refractivity contribution in [2.24, 2.45) is 7.05 Å². The van der Waals surface area contributed by atoms with Crippen molar-refractivity contribution in [3.05, 3.63) is 47.5 Å². The first kappa shape index (κ1) is 13.3. The SMILES string of the molecule is Cc1c(CCC(=O)NCc2cccnc2)cnn1C. The van der Waals surface area contributed by atoms with E-state index in [1.54, 1.807) is 12.4 Å². The summed E-state index contributed by atoms with van der Waals surface area (Å²) in [5, 5.41) is 7.05. The molecule has 2 aromatic heterocycles. The van der Waals surface area contributed by atoms with Crippen molar-refractivity contribution in [1.82, 2.24) is 20.1 Å². The summed E-state index contributed by atoms with van der Waals surface area (Å²) in [7, 11) is 1.90. The second-order valence-corrected chi connectivity index (χ2v) is 4.52. The van der Waals surface area contributed by atoms with Gasteiger partial charge in [0.2, 0.25) is 5.91 Å². The van der Waals surface area contributed by atoms with E-state index in [1.165, 1.54) is 0 Å². The number of carbonyl (C=O) groups is 1. The maximum atomic E-state index is 11.7. The molecule has 0 unspecified atom stereocenters. The van der Waals surface area contributed by atoms with E-state index in [0.717, 1.165) is 23.2 Å². The standard InChI is InChI=1S/C14H18N4O/c1-11-13(10-17-18(11)2)5-6-14(19)16-9-12-4-3-7-15-8-12/h3-4,7-8,10H,5-6,9H2,1-2H3,(H,16,19). The highest BCUT2D eigenvalue weighted by Gasteiger charge is 2.07. The number of hydrogen-bond donors (Lipinski definition) is 1. The molecule has 0 saturated carbocycles. The summed E-state index contributed by atoms with van der Waals surface area (Å²) in [5.41, 5.74) is 3.24. The number of carbonyl (C=O) groups excluding carboxylic acids is 1. The fourth-order valence-corrected chi connectivity index (χ4v) is 1.83. The van der Waals surface area contributed by atoms with Crippen molar-refractivity contribution in [2.45, 2.75) is 26.3 Å². The van der Waals surface area contributed by atoms with Gasteiger partial charge in [0, 0.05) is 38.1 Å². The lowest BCUT2D eigenvalue weighted by molar-refractivity contribution is -0.121. The largest absolute Gasteiger partial charge is 0.352 e. The fraction of sp³-hybridized carbons (Fsp3) is 0.357. The van der Waals surface area contributed by atoms with E-state index in [2.05, 4.69) is 15.4 Å². The first-order valence-corrected chi connectivity index (χ1v) is 6.30. The van der Waals surface area contributed by atoms with Crippen LogP contribution < -0.4 is 5.32 Å². The van der Waals surface area contributed by atoms with Gasteiger partial charge in [-0.05, 0) is 30.5 Å². The Bertz CT molecular complexity index is 548. The molecule has 2 heterocycles. The van der Waals surface area contributed by atoms with Crippen molar-refractivity contribution in [3.8, 4) is 0 Å². The molecule has 2 aromatic rings. The first-order chi connectivity index (χ1) is 9.16. The Hall–Kier alpha value is -2.17. The Labute approximate surface area is 112 Å². The van der Waals surface area contributed by atoms with E-state index in [9.17, 15) is 4.79 Å². The molecule has 1 amide bonds. The van der Waals surface area contributed by atoms with Crippen LogP contribution in [0.4, 0.5) is 0 Å². The van der Waals surface area contributed by atoms with E-state index in [4.69, 9.17) is 0 Å². The van der Waals surface area contributed by atoms with Crippen LogP contribution in [0.25, 0.3) is 0 Å². The molecule has 0 aliphatic rings. The highest BCUT2D eigenvalue weighted by molar-refractivity contribution is 5.76. The summed E-state index contributed by atoms with van der Waals surface area (Å²) < 4.78 is 1.82. The lowest BCUT2D eigenvalue weighted by atomic mass is 10.1. The third kappa shape index (κ3) is 3.64. The molecule has 0 radical (unpaired) electrons. The maximum absolute atomic E-state index is 11.7. The molecule has 1 N–H and O–H groups in total. The Morgan fingerprint density at radius 2 is 2.26 bits per heavy atom. The van der Waals surface area contributed by atoms with Gasteiger partial charge in [-0.2, -0.15) is 5.10 Å². The van der Waals surface area contributed by atoms with Gasteiger partial charge >= 0.3 is 0 Å². The average molecular weight is 258 g/mol. The monoisotopic (exact) mass is 258 g/mol. The minimum absolute atomic E-state index is 0.0482. The lowest BCUT2D eigenvalue weighted by Gasteiger charge is -2.05. The summed E-state index contributed by atoms with van der Waals surface area (Å²) in [4.78, 5) is 15.8. The second kappa shape index (κ2) is 6.13. The molecular weight excluding hydrogens is 240 g/mol. The normalized spacial score (nSPS) is 10.4. The van der Waals surface area contributed by atoms with Crippen molar-refractivity contribution in [1.29, 1.82) is 0 Å². The molecule has 0 aliphatic carbocycles. The van der Waals surface area contributed by atoms with Gasteiger partial charge in [-0.3, -0.25) is 14.5 Å². The highest BCUT2D eigenvalue weighted by Crippen LogP contribution is 2.08. The van der Waals surface area contributed by atoms with Crippen LogP contribution in [-0.2, 0) is 24.8 Å². The zero-order valence-electron chi connectivity index (χ0n) is 11.3. The minimum atomic E-state index is 0.0482. The smallest absolute Gasteiger partial charge is 0.220 e. The Morgan fingerprint density at radius 3 is 2.89 bits per heavy atom. The van der Waals surface area contributed by atoms with Crippen LogP contribution in [0, 0.1) is 6.92 Å². The minimum Gasteiger partial charge on any atom is -0.352 e. The number of rotatable bonds is 5. The van der Waals surface area contributed by atoms with E-state index in [1.807, 2.05) is 37.0 Å². The number of pyridine rings is 1. The van der Waals surface area contributed by atoms with Gasteiger partial charge in [0.05, 0.1) is 6.20 Å². The van der Waals surface area contributed by atoms with Gasteiger partial charge in [0.15, 0.2) is 0 Å².